The first-order chi connectivity index (χ1) is 8.41. The first-order valence-corrected chi connectivity index (χ1v) is 6.31. The SMILES string of the molecule is CC(C)NC(=O)CN(C)C(=O)[C@H]1NCCO[C@@H]1C.Cl. The summed E-state index contributed by atoms with van der Waals surface area (Å²) in [6.07, 6.45) is -0.165. The van der Waals surface area contributed by atoms with E-state index in [4.69, 9.17) is 4.74 Å². The van der Waals surface area contributed by atoms with Crippen molar-refractivity contribution in [3.05, 3.63) is 0 Å². The highest BCUT2D eigenvalue weighted by molar-refractivity contribution is 5.87. The van der Waals surface area contributed by atoms with E-state index in [2.05, 4.69) is 10.6 Å². The second kappa shape index (κ2) is 8.35. The highest BCUT2D eigenvalue weighted by Gasteiger charge is 2.31. The lowest BCUT2D eigenvalue weighted by molar-refractivity contribution is -0.141. The van der Waals surface area contributed by atoms with E-state index in [1.54, 1.807) is 7.05 Å². The lowest BCUT2D eigenvalue weighted by Gasteiger charge is -2.32. The Balaban J connectivity index is 0.00000324. The summed E-state index contributed by atoms with van der Waals surface area (Å²) in [6.45, 7) is 6.98. The van der Waals surface area contributed by atoms with Crippen LogP contribution in [0.25, 0.3) is 0 Å². The monoisotopic (exact) mass is 293 g/mol. The second-order valence-corrected chi connectivity index (χ2v) is 4.92. The van der Waals surface area contributed by atoms with Crippen molar-refractivity contribution in [2.24, 2.45) is 0 Å². The van der Waals surface area contributed by atoms with Crippen molar-refractivity contribution < 1.29 is 14.3 Å². The van der Waals surface area contributed by atoms with Gasteiger partial charge in [-0.3, -0.25) is 9.59 Å². The van der Waals surface area contributed by atoms with Crippen molar-refractivity contribution in [3.8, 4) is 0 Å². The van der Waals surface area contributed by atoms with Crippen LogP contribution in [0.5, 0.6) is 0 Å². The highest BCUT2D eigenvalue weighted by atomic mass is 35.5. The van der Waals surface area contributed by atoms with Gasteiger partial charge in [-0.15, -0.1) is 12.4 Å². The van der Waals surface area contributed by atoms with Gasteiger partial charge in [0.1, 0.15) is 6.04 Å². The van der Waals surface area contributed by atoms with Crippen LogP contribution in [0, 0.1) is 0 Å². The van der Waals surface area contributed by atoms with E-state index in [0.29, 0.717) is 13.2 Å². The van der Waals surface area contributed by atoms with E-state index in [0.717, 1.165) is 0 Å². The van der Waals surface area contributed by atoms with Crippen LogP contribution in [0.1, 0.15) is 20.8 Å². The molecule has 0 aromatic rings. The van der Waals surface area contributed by atoms with Gasteiger partial charge in [0.15, 0.2) is 0 Å². The third-order valence-electron chi connectivity index (χ3n) is 2.79. The van der Waals surface area contributed by atoms with Crippen molar-refractivity contribution in [3.63, 3.8) is 0 Å². The molecule has 2 atom stereocenters. The maximum absolute atomic E-state index is 12.1. The fraction of sp³-hybridized carbons (Fsp3) is 0.833. The molecule has 19 heavy (non-hydrogen) atoms. The molecule has 0 bridgehead atoms. The Bertz CT molecular complexity index is 313. The molecule has 112 valence electrons. The van der Waals surface area contributed by atoms with Crippen LogP contribution >= 0.6 is 12.4 Å². The van der Waals surface area contributed by atoms with E-state index >= 15 is 0 Å². The number of morpholine rings is 1. The van der Waals surface area contributed by atoms with Gasteiger partial charge in [0.2, 0.25) is 11.8 Å². The average Bonchev–Trinajstić information content (AvgIpc) is 2.27. The molecule has 1 aliphatic rings. The maximum atomic E-state index is 12.1. The largest absolute Gasteiger partial charge is 0.375 e. The zero-order chi connectivity index (χ0) is 13.7. The molecule has 6 nitrogen and oxygen atoms in total. The molecule has 2 amide bonds. The first kappa shape index (κ1) is 18.1. The minimum absolute atomic E-state index is 0. The number of nitrogens with zero attached hydrogens (tertiary/aromatic N) is 1. The third kappa shape index (κ3) is 5.76. The fourth-order valence-corrected chi connectivity index (χ4v) is 1.91. The van der Waals surface area contributed by atoms with Crippen LogP contribution in [0.4, 0.5) is 0 Å². The number of hydrogen-bond acceptors (Lipinski definition) is 4. The van der Waals surface area contributed by atoms with Gasteiger partial charge in [0, 0.05) is 19.6 Å². The van der Waals surface area contributed by atoms with Crippen LogP contribution in [0.2, 0.25) is 0 Å². The van der Waals surface area contributed by atoms with Crippen LogP contribution < -0.4 is 10.6 Å². The zero-order valence-electron chi connectivity index (χ0n) is 11.9. The smallest absolute Gasteiger partial charge is 0.242 e. The molecule has 1 rings (SSSR count). The number of likely N-dealkylation sites (N-methyl/N-ethyl adjacent to an activating group) is 1. The van der Waals surface area contributed by atoms with Crippen LogP contribution in [-0.2, 0) is 14.3 Å². The summed E-state index contributed by atoms with van der Waals surface area (Å²) >= 11 is 0. The van der Waals surface area contributed by atoms with Gasteiger partial charge in [-0.05, 0) is 20.8 Å². The van der Waals surface area contributed by atoms with Gasteiger partial charge in [0.25, 0.3) is 0 Å². The van der Waals surface area contributed by atoms with Crippen molar-refractivity contribution in [1.29, 1.82) is 0 Å². The number of rotatable bonds is 4. The van der Waals surface area contributed by atoms with Crippen molar-refractivity contribution >= 4 is 24.2 Å². The molecule has 0 spiro atoms. The van der Waals surface area contributed by atoms with E-state index in [1.807, 2.05) is 20.8 Å². The van der Waals surface area contributed by atoms with Gasteiger partial charge in [0.05, 0.1) is 19.3 Å². The molecule has 1 aliphatic heterocycles. The Hall–Kier alpha value is -0.850. The average molecular weight is 294 g/mol. The minimum Gasteiger partial charge on any atom is -0.375 e. The Morgan fingerprint density at radius 1 is 1.47 bits per heavy atom. The number of carbonyl (C=O) groups is 2. The normalized spacial score (nSPS) is 22.6. The summed E-state index contributed by atoms with van der Waals surface area (Å²) in [4.78, 5) is 25.1. The molecule has 0 saturated carbocycles. The van der Waals surface area contributed by atoms with E-state index in [9.17, 15) is 9.59 Å². The van der Waals surface area contributed by atoms with Crippen molar-refractivity contribution in [1.82, 2.24) is 15.5 Å². The molecule has 1 heterocycles. The van der Waals surface area contributed by atoms with Crippen molar-refractivity contribution in [2.75, 3.05) is 26.7 Å². The lowest BCUT2D eigenvalue weighted by Crippen LogP contribution is -2.56. The van der Waals surface area contributed by atoms with Crippen LogP contribution in [-0.4, -0.2) is 61.6 Å². The standard InChI is InChI=1S/C12H23N3O3.ClH/c1-8(2)14-10(16)7-15(4)12(17)11-9(3)18-6-5-13-11;/h8-9,11,13H,5-7H2,1-4H3,(H,14,16);1H/t9-,11+;/m1./s1. The third-order valence-corrected chi connectivity index (χ3v) is 2.79. The molecule has 0 unspecified atom stereocenters. The van der Waals surface area contributed by atoms with Gasteiger partial charge in [-0.25, -0.2) is 0 Å². The predicted octanol–water partition coefficient (Wildman–Crippen LogP) is -0.232. The summed E-state index contributed by atoms with van der Waals surface area (Å²) in [5, 5.41) is 5.87. The highest BCUT2D eigenvalue weighted by Crippen LogP contribution is 2.06. The van der Waals surface area contributed by atoms with E-state index in [-0.39, 0.29) is 49.0 Å². The summed E-state index contributed by atoms with van der Waals surface area (Å²) in [6, 6.07) is -0.285. The number of hydrogen-bond donors (Lipinski definition) is 2. The molecule has 1 saturated heterocycles. The first-order valence-electron chi connectivity index (χ1n) is 6.31. The topological polar surface area (TPSA) is 70.7 Å². The molecule has 7 heteroatoms. The summed E-state index contributed by atoms with van der Waals surface area (Å²) in [5.41, 5.74) is 0. The summed E-state index contributed by atoms with van der Waals surface area (Å²) in [5.74, 6) is -0.258. The number of amides is 2. The Kier molecular flexibility index (Phi) is 7.97. The number of carbonyl (C=O) groups excluding carboxylic acids is 2. The molecule has 2 N–H and O–H groups in total. The Morgan fingerprint density at radius 2 is 2.11 bits per heavy atom. The number of halogens is 1. The maximum Gasteiger partial charge on any atom is 0.242 e. The molecular formula is C12H24ClN3O3. The number of nitrogens with one attached hydrogen (secondary N) is 2. The van der Waals surface area contributed by atoms with Crippen LogP contribution in [0.3, 0.4) is 0 Å². The quantitative estimate of drug-likeness (QED) is 0.751. The van der Waals surface area contributed by atoms with Gasteiger partial charge < -0.3 is 20.3 Å². The number of ether oxygens (including phenoxy) is 1. The van der Waals surface area contributed by atoms with E-state index < -0.39 is 0 Å². The van der Waals surface area contributed by atoms with E-state index in [1.165, 1.54) is 4.90 Å². The molecule has 1 fully saturated rings. The molecule has 0 aliphatic carbocycles. The molecule has 0 radical (unpaired) electrons. The second-order valence-electron chi connectivity index (χ2n) is 4.92. The Labute approximate surface area is 120 Å². The van der Waals surface area contributed by atoms with Gasteiger partial charge in [-0.2, -0.15) is 0 Å². The van der Waals surface area contributed by atoms with Crippen molar-refractivity contribution in [2.45, 2.75) is 39.0 Å². The molecule has 0 aromatic heterocycles. The van der Waals surface area contributed by atoms with Crippen LogP contribution in [0.15, 0.2) is 0 Å². The predicted molar refractivity (Wildman–Crippen MR) is 75.4 cm³/mol. The Morgan fingerprint density at radius 3 is 2.63 bits per heavy atom. The lowest BCUT2D eigenvalue weighted by atomic mass is 10.1. The summed E-state index contributed by atoms with van der Waals surface area (Å²) in [7, 11) is 1.63. The van der Waals surface area contributed by atoms with Gasteiger partial charge in [-0.1, -0.05) is 0 Å². The van der Waals surface area contributed by atoms with Gasteiger partial charge >= 0.3 is 0 Å². The molecule has 0 aromatic carbocycles. The zero-order valence-corrected chi connectivity index (χ0v) is 12.8. The fourth-order valence-electron chi connectivity index (χ4n) is 1.91. The summed E-state index contributed by atoms with van der Waals surface area (Å²) < 4.78 is 5.42. The molecular weight excluding hydrogens is 270 g/mol. The minimum atomic E-state index is -0.365.